The number of hydrogen-bond acceptors (Lipinski definition) is 6. The summed E-state index contributed by atoms with van der Waals surface area (Å²) in [6, 6.07) is 12.1. The number of aryl methyl sites for hydroxylation is 3. The van der Waals surface area contributed by atoms with Crippen LogP contribution in [0.5, 0.6) is 0 Å². The molecule has 38 heavy (non-hydrogen) atoms. The van der Waals surface area contributed by atoms with Gasteiger partial charge in [0.25, 0.3) is 0 Å². The smallest absolute Gasteiger partial charge is 0.243 e. The van der Waals surface area contributed by atoms with Crippen LogP contribution in [0.25, 0.3) is 0 Å². The molecule has 4 rings (SSSR count). The maximum absolute atomic E-state index is 10.4. The number of aromatic nitrogens is 4. The third-order valence-electron chi connectivity index (χ3n) is 5.61. The topological polar surface area (TPSA) is 143 Å². The molecule has 2 heterocycles. The second-order valence-electron chi connectivity index (χ2n) is 8.60. The summed E-state index contributed by atoms with van der Waals surface area (Å²) in [7, 11) is -8.54. The maximum Gasteiger partial charge on any atom is 0.243 e. The average Bonchev–Trinajstić information content (AvgIpc) is 3.55. The van der Waals surface area contributed by atoms with Crippen LogP contribution in [0.3, 0.4) is 0 Å². The fourth-order valence-electron chi connectivity index (χ4n) is 3.35. The standard InChI is InChI=1S/C12H19N4.2C7H8O3S/c1-3-12(16-6-5-13-10-16)9-15-8-7-14(4-2)11-15;2*1-6-2-4-7(5-3-6)11(8,9)10/h5-8,10-12H,3-4,9H2,1-2H3;2*2-5H,1H3,(H,8,9,10)/q+1;;/p-1. The Labute approximate surface area is 224 Å². The molecule has 0 saturated heterocycles. The molecule has 4 aromatic rings. The number of benzene rings is 2. The molecular formula is C26H34N4O6S2. The van der Waals surface area contributed by atoms with Gasteiger partial charge in [-0.1, -0.05) is 42.3 Å². The number of rotatable bonds is 7. The van der Waals surface area contributed by atoms with E-state index in [1.165, 1.54) is 24.3 Å². The van der Waals surface area contributed by atoms with Crippen molar-refractivity contribution < 1.29 is 35.1 Å². The maximum atomic E-state index is 10.4. The van der Waals surface area contributed by atoms with Gasteiger partial charge in [-0.2, -0.15) is 0 Å². The van der Waals surface area contributed by atoms with Gasteiger partial charge in [0.2, 0.25) is 12.7 Å². The largest absolute Gasteiger partial charge is 0.744 e. The Hall–Kier alpha value is -3.32. The highest BCUT2D eigenvalue weighted by Gasteiger charge is 2.17. The number of aromatic amines is 1. The van der Waals surface area contributed by atoms with E-state index >= 15 is 0 Å². The van der Waals surface area contributed by atoms with E-state index in [-0.39, 0.29) is 9.79 Å². The molecule has 0 amide bonds. The Bertz CT molecular complexity index is 1390. The molecule has 12 heteroatoms. The van der Waals surface area contributed by atoms with Gasteiger partial charge in [-0.3, -0.25) is 4.98 Å². The molecular weight excluding hydrogens is 528 g/mol. The van der Waals surface area contributed by atoms with E-state index in [0.717, 1.165) is 30.6 Å². The molecule has 0 bridgehead atoms. The van der Waals surface area contributed by atoms with Gasteiger partial charge in [0, 0.05) is 0 Å². The van der Waals surface area contributed by atoms with Crippen molar-refractivity contribution in [3.05, 3.63) is 97.1 Å². The molecule has 1 atom stereocenters. The minimum Gasteiger partial charge on any atom is -0.744 e. The van der Waals surface area contributed by atoms with Crippen LogP contribution in [0.15, 0.2) is 95.8 Å². The molecule has 0 aliphatic rings. The van der Waals surface area contributed by atoms with Gasteiger partial charge < -0.3 is 9.11 Å². The van der Waals surface area contributed by atoms with Crippen LogP contribution in [0, 0.1) is 13.8 Å². The minimum atomic E-state index is -4.27. The van der Waals surface area contributed by atoms with E-state index in [0.29, 0.717) is 6.04 Å². The first-order valence-electron chi connectivity index (χ1n) is 12.0. The molecule has 2 aromatic heterocycles. The van der Waals surface area contributed by atoms with Gasteiger partial charge >= 0.3 is 0 Å². The number of hydrogen-bond donors (Lipinski definition) is 1. The van der Waals surface area contributed by atoms with Crippen molar-refractivity contribution in [2.75, 3.05) is 0 Å². The quantitative estimate of drug-likeness (QED) is 0.271. The van der Waals surface area contributed by atoms with E-state index in [9.17, 15) is 25.9 Å². The Morgan fingerprint density at radius 3 is 1.68 bits per heavy atom. The van der Waals surface area contributed by atoms with E-state index in [1.54, 1.807) is 24.3 Å². The number of nitrogens with zero attached hydrogens (tertiary/aromatic N) is 3. The van der Waals surface area contributed by atoms with Gasteiger partial charge in [-0.15, -0.1) is 0 Å². The van der Waals surface area contributed by atoms with Crippen LogP contribution < -0.4 is 9.13 Å². The van der Waals surface area contributed by atoms with E-state index < -0.39 is 20.2 Å². The zero-order chi connectivity index (χ0) is 28.3. The summed E-state index contributed by atoms with van der Waals surface area (Å²) in [6.07, 6.45) is 13.6. The third kappa shape index (κ3) is 10.2. The highest BCUT2D eigenvalue weighted by atomic mass is 32.2. The van der Waals surface area contributed by atoms with Crippen LogP contribution in [-0.2, 0) is 33.3 Å². The van der Waals surface area contributed by atoms with Crippen molar-refractivity contribution in [2.24, 2.45) is 0 Å². The molecule has 1 unspecified atom stereocenters. The second kappa shape index (κ2) is 14.0. The summed E-state index contributed by atoms with van der Waals surface area (Å²) < 4.78 is 69.0. The zero-order valence-corrected chi connectivity index (χ0v) is 23.5. The monoisotopic (exact) mass is 562 g/mol. The highest BCUT2D eigenvalue weighted by molar-refractivity contribution is 7.86. The summed E-state index contributed by atoms with van der Waals surface area (Å²) in [5, 5.41) is 0. The Balaban J connectivity index is 0.000000206. The molecule has 0 spiro atoms. The predicted octanol–water partition coefficient (Wildman–Crippen LogP) is 2.86. The summed E-state index contributed by atoms with van der Waals surface area (Å²) in [5.41, 5.74) is 1.86. The van der Waals surface area contributed by atoms with Crippen molar-refractivity contribution >= 4 is 20.2 Å². The van der Waals surface area contributed by atoms with Gasteiger partial charge in [-0.25, -0.2) is 30.5 Å². The number of nitrogens with one attached hydrogen (secondary N) is 1. The number of imidazole rings is 2. The molecule has 2 aromatic carbocycles. The van der Waals surface area contributed by atoms with Gasteiger partial charge in [-0.05, 0) is 51.5 Å². The molecule has 0 fully saturated rings. The lowest BCUT2D eigenvalue weighted by atomic mass is 10.2. The molecule has 0 saturated carbocycles. The summed E-state index contributed by atoms with van der Waals surface area (Å²) in [5.74, 6) is 0. The second-order valence-corrected chi connectivity index (χ2v) is 11.4. The fraction of sp³-hybridized carbons (Fsp3) is 0.308. The fourth-order valence-corrected chi connectivity index (χ4v) is 4.29. The average molecular weight is 563 g/mol. The van der Waals surface area contributed by atoms with Crippen LogP contribution in [0.2, 0.25) is 0 Å². The normalized spacial score (nSPS) is 12.1. The van der Waals surface area contributed by atoms with Gasteiger partial charge in [0.05, 0.1) is 16.3 Å². The van der Waals surface area contributed by atoms with E-state index in [2.05, 4.69) is 57.5 Å². The Morgan fingerprint density at radius 1 is 0.842 bits per heavy atom. The molecule has 0 aliphatic carbocycles. The molecule has 1 N–H and O–H groups in total. The first-order chi connectivity index (χ1) is 17.8. The van der Waals surface area contributed by atoms with Crippen molar-refractivity contribution in [1.29, 1.82) is 0 Å². The SMILES string of the molecule is CCC(C[n+]1ccn(CC)c1)[n+]1cc[nH]c1.Cc1ccc(S(=O)(=O)[O-])cc1.Cc1ccc(S(=O)(=O)[O-])cc1. The predicted molar refractivity (Wildman–Crippen MR) is 139 cm³/mol. The van der Waals surface area contributed by atoms with Crippen molar-refractivity contribution in [3.63, 3.8) is 0 Å². The lowest BCUT2D eigenvalue weighted by Crippen LogP contribution is -2.46. The minimum absolute atomic E-state index is 0.178. The summed E-state index contributed by atoms with van der Waals surface area (Å²) >= 11 is 0. The summed E-state index contributed by atoms with van der Waals surface area (Å²) in [6.45, 7) is 10.1. The molecule has 0 radical (unpaired) electrons. The first-order valence-corrected chi connectivity index (χ1v) is 14.8. The van der Waals surface area contributed by atoms with Gasteiger partial charge in [0.1, 0.15) is 57.6 Å². The van der Waals surface area contributed by atoms with Crippen molar-refractivity contribution in [1.82, 2.24) is 9.55 Å². The Kier molecular flexibility index (Phi) is 11.4. The number of H-pyrrole nitrogens is 1. The molecule has 206 valence electrons. The van der Waals surface area contributed by atoms with Crippen LogP contribution in [0.1, 0.15) is 37.4 Å². The van der Waals surface area contributed by atoms with E-state index in [4.69, 9.17) is 0 Å². The third-order valence-corrected chi connectivity index (χ3v) is 7.31. The molecule has 10 nitrogen and oxygen atoms in total. The van der Waals surface area contributed by atoms with E-state index in [1.807, 2.05) is 26.4 Å². The van der Waals surface area contributed by atoms with Crippen molar-refractivity contribution in [3.8, 4) is 0 Å². The van der Waals surface area contributed by atoms with Gasteiger partial charge in [0.15, 0.2) is 0 Å². The first kappa shape index (κ1) is 30.9. The summed E-state index contributed by atoms with van der Waals surface area (Å²) in [4.78, 5) is 2.74. The van der Waals surface area contributed by atoms with Crippen molar-refractivity contribution in [2.45, 2.75) is 63.0 Å². The van der Waals surface area contributed by atoms with Crippen LogP contribution in [-0.4, -0.2) is 35.5 Å². The van der Waals surface area contributed by atoms with Crippen LogP contribution in [0.4, 0.5) is 0 Å². The lowest BCUT2D eigenvalue weighted by molar-refractivity contribution is -0.797. The highest BCUT2D eigenvalue weighted by Crippen LogP contribution is 2.09. The Morgan fingerprint density at radius 2 is 1.34 bits per heavy atom. The lowest BCUT2D eigenvalue weighted by Gasteiger charge is -2.08. The molecule has 0 aliphatic heterocycles. The zero-order valence-electron chi connectivity index (χ0n) is 21.9. The van der Waals surface area contributed by atoms with Crippen LogP contribution >= 0.6 is 0 Å².